The zero-order chi connectivity index (χ0) is 20.2. The van der Waals surface area contributed by atoms with Crippen LogP contribution in [0.2, 0.25) is 0 Å². The molecule has 1 aromatic carbocycles. The molecule has 0 saturated carbocycles. The highest BCUT2D eigenvalue weighted by Gasteiger charge is 2.40. The number of para-hydroxylation sites is 1. The minimum atomic E-state index is -1.32. The van der Waals surface area contributed by atoms with Gasteiger partial charge in [-0.1, -0.05) is 30.4 Å². The number of carboxylic acid groups (broad SMARTS) is 3. The summed E-state index contributed by atoms with van der Waals surface area (Å²) in [5.74, 6) is -3.31. The number of allylic oxidation sites excluding steroid dienone is 2. The molecule has 8 heteroatoms. The van der Waals surface area contributed by atoms with Gasteiger partial charge in [0.25, 0.3) is 0 Å². The maximum absolute atomic E-state index is 11.0. The minimum Gasteiger partial charge on any atom is -0.481 e. The summed E-state index contributed by atoms with van der Waals surface area (Å²) >= 11 is 0. The van der Waals surface area contributed by atoms with Gasteiger partial charge < -0.3 is 24.8 Å². The van der Waals surface area contributed by atoms with Crippen molar-refractivity contribution < 1.29 is 39.2 Å². The van der Waals surface area contributed by atoms with Crippen LogP contribution in [0.5, 0.6) is 0 Å². The fourth-order valence-corrected chi connectivity index (χ4v) is 2.61. The van der Waals surface area contributed by atoms with Crippen LogP contribution in [0.4, 0.5) is 0 Å². The van der Waals surface area contributed by atoms with Crippen molar-refractivity contribution in [3.05, 3.63) is 59.4 Å². The van der Waals surface area contributed by atoms with E-state index in [2.05, 4.69) is 0 Å². The van der Waals surface area contributed by atoms with Crippen LogP contribution in [-0.4, -0.2) is 44.9 Å². The number of furan rings is 1. The van der Waals surface area contributed by atoms with Crippen LogP contribution in [0.3, 0.4) is 0 Å². The summed E-state index contributed by atoms with van der Waals surface area (Å²) in [6.45, 7) is 1.03. The molecule has 1 aliphatic rings. The van der Waals surface area contributed by atoms with E-state index in [4.69, 9.17) is 24.8 Å². The summed E-state index contributed by atoms with van der Waals surface area (Å²) in [5, 5.41) is 36.2. The van der Waals surface area contributed by atoms with Gasteiger partial charge in [-0.25, -0.2) is 9.59 Å². The molecule has 1 unspecified atom stereocenters. The molecule has 1 atom stereocenters. The second-order valence-corrected chi connectivity index (χ2v) is 6.11. The minimum absolute atomic E-state index is 0.0174. The topological polar surface area (TPSA) is 145 Å². The molecular formula is C19H18O8. The average Bonchev–Trinajstić information content (AvgIpc) is 3.06. The molecule has 0 spiro atoms. The van der Waals surface area contributed by atoms with Crippen LogP contribution < -0.4 is 0 Å². The van der Waals surface area contributed by atoms with E-state index in [0.717, 1.165) is 5.39 Å². The number of aliphatic hydroxyl groups excluding tert-OH is 1. The van der Waals surface area contributed by atoms with Crippen molar-refractivity contribution in [2.45, 2.75) is 13.3 Å². The van der Waals surface area contributed by atoms with Gasteiger partial charge in [-0.15, -0.1) is 0 Å². The standard InChI is InChI=1S/C10H12O5.C9H6O3/c1-10(9(14)15)4-6(8(12)13)2-3-7(10)5-11;10-9(11)8-5-6-3-1-2-4-7(6)12-8/h2-3,11H,4-5H2,1H3,(H,12,13)(H,14,15);1-5H,(H,10,11). The predicted molar refractivity (Wildman–Crippen MR) is 94.4 cm³/mol. The fraction of sp³-hybridized carbons (Fsp3) is 0.211. The molecular weight excluding hydrogens is 356 g/mol. The fourth-order valence-electron chi connectivity index (χ4n) is 2.61. The van der Waals surface area contributed by atoms with Crippen molar-refractivity contribution in [2.24, 2.45) is 5.41 Å². The highest BCUT2D eigenvalue weighted by atomic mass is 16.4. The molecule has 4 N–H and O–H groups in total. The Hall–Kier alpha value is -3.39. The van der Waals surface area contributed by atoms with Crippen molar-refractivity contribution in [3.63, 3.8) is 0 Å². The molecule has 0 bridgehead atoms. The van der Waals surface area contributed by atoms with E-state index in [1.165, 1.54) is 25.1 Å². The van der Waals surface area contributed by atoms with Gasteiger partial charge in [0.2, 0.25) is 5.76 Å². The first-order valence-corrected chi connectivity index (χ1v) is 7.88. The molecule has 3 rings (SSSR count). The largest absolute Gasteiger partial charge is 0.481 e. The van der Waals surface area contributed by atoms with E-state index in [1.54, 1.807) is 12.1 Å². The van der Waals surface area contributed by atoms with Gasteiger partial charge in [0, 0.05) is 11.0 Å². The van der Waals surface area contributed by atoms with Gasteiger partial charge in [-0.05, 0) is 31.1 Å². The third kappa shape index (κ3) is 4.24. The molecule has 1 aliphatic carbocycles. The number of hydrogen-bond donors (Lipinski definition) is 4. The van der Waals surface area contributed by atoms with E-state index >= 15 is 0 Å². The molecule has 8 nitrogen and oxygen atoms in total. The zero-order valence-electron chi connectivity index (χ0n) is 14.4. The summed E-state index contributed by atoms with van der Waals surface area (Å²) in [4.78, 5) is 32.2. The maximum atomic E-state index is 11.0. The Labute approximate surface area is 153 Å². The van der Waals surface area contributed by atoms with Crippen LogP contribution in [0.1, 0.15) is 23.9 Å². The SMILES string of the molecule is CC1(C(=O)O)CC(C(=O)O)=CC=C1CO.O=C(O)c1cc2ccccc2o1. The highest BCUT2D eigenvalue weighted by molar-refractivity contribution is 5.91. The summed E-state index contributed by atoms with van der Waals surface area (Å²) in [5.41, 5.74) is -0.357. The first-order chi connectivity index (χ1) is 12.7. The maximum Gasteiger partial charge on any atom is 0.371 e. The van der Waals surface area contributed by atoms with Crippen LogP contribution in [0.15, 0.2) is 58.0 Å². The van der Waals surface area contributed by atoms with Gasteiger partial charge in [0.05, 0.1) is 12.0 Å². The summed E-state index contributed by atoms with van der Waals surface area (Å²) < 4.78 is 5.03. The van der Waals surface area contributed by atoms with Crippen LogP contribution in [0, 0.1) is 5.41 Å². The molecule has 1 heterocycles. The highest BCUT2D eigenvalue weighted by Crippen LogP contribution is 2.37. The number of hydrogen-bond acceptors (Lipinski definition) is 5. The van der Waals surface area contributed by atoms with Gasteiger partial charge in [-0.2, -0.15) is 0 Å². The van der Waals surface area contributed by atoms with E-state index in [0.29, 0.717) is 11.2 Å². The smallest absolute Gasteiger partial charge is 0.371 e. The first kappa shape index (κ1) is 19.9. The van der Waals surface area contributed by atoms with Gasteiger partial charge in [0.15, 0.2) is 0 Å². The van der Waals surface area contributed by atoms with Crippen LogP contribution >= 0.6 is 0 Å². The number of carboxylic acids is 3. The Morgan fingerprint density at radius 3 is 2.26 bits per heavy atom. The lowest BCUT2D eigenvalue weighted by molar-refractivity contribution is -0.146. The third-order valence-electron chi connectivity index (χ3n) is 4.29. The molecule has 0 radical (unpaired) electrons. The Balaban J connectivity index is 0.000000198. The summed E-state index contributed by atoms with van der Waals surface area (Å²) in [7, 11) is 0. The average molecular weight is 374 g/mol. The van der Waals surface area contributed by atoms with E-state index in [-0.39, 0.29) is 24.4 Å². The van der Waals surface area contributed by atoms with Crippen LogP contribution in [-0.2, 0) is 9.59 Å². The van der Waals surface area contributed by atoms with E-state index in [9.17, 15) is 14.4 Å². The molecule has 1 aromatic heterocycles. The molecule has 27 heavy (non-hydrogen) atoms. The molecule has 142 valence electrons. The lowest BCUT2D eigenvalue weighted by atomic mass is 9.74. The summed E-state index contributed by atoms with van der Waals surface area (Å²) in [6, 6.07) is 8.70. The van der Waals surface area contributed by atoms with Gasteiger partial charge in [-0.3, -0.25) is 4.79 Å². The van der Waals surface area contributed by atoms with Gasteiger partial charge in [0.1, 0.15) is 5.58 Å². The first-order valence-electron chi connectivity index (χ1n) is 7.88. The summed E-state index contributed by atoms with van der Waals surface area (Å²) in [6.07, 6.45) is 2.59. The number of fused-ring (bicyclic) bond motifs is 1. The molecule has 0 saturated heterocycles. The lowest BCUT2D eigenvalue weighted by Crippen LogP contribution is -2.34. The van der Waals surface area contributed by atoms with Crippen molar-refractivity contribution in [3.8, 4) is 0 Å². The van der Waals surface area contributed by atoms with Crippen LogP contribution in [0.25, 0.3) is 11.0 Å². The quantitative estimate of drug-likeness (QED) is 0.639. The molecule has 2 aromatic rings. The Kier molecular flexibility index (Phi) is 5.81. The monoisotopic (exact) mass is 374 g/mol. The number of aromatic carboxylic acids is 1. The van der Waals surface area contributed by atoms with Crippen molar-refractivity contribution in [1.82, 2.24) is 0 Å². The number of carbonyl (C=O) groups is 3. The predicted octanol–water partition coefficient (Wildman–Crippen LogP) is 2.54. The Morgan fingerprint density at radius 2 is 1.74 bits per heavy atom. The van der Waals surface area contributed by atoms with E-state index in [1.807, 2.05) is 12.1 Å². The Bertz CT molecular complexity index is 917. The molecule has 0 fully saturated rings. The lowest BCUT2D eigenvalue weighted by Gasteiger charge is -2.29. The molecule has 0 aliphatic heterocycles. The number of benzene rings is 1. The normalized spacial score (nSPS) is 18.7. The number of aliphatic carboxylic acids is 2. The second-order valence-electron chi connectivity index (χ2n) is 6.11. The Morgan fingerprint density at radius 1 is 1.07 bits per heavy atom. The van der Waals surface area contributed by atoms with Crippen molar-refractivity contribution >= 4 is 28.9 Å². The van der Waals surface area contributed by atoms with E-state index < -0.39 is 23.3 Å². The second kappa shape index (κ2) is 7.88. The zero-order valence-corrected chi connectivity index (χ0v) is 14.4. The number of rotatable bonds is 4. The molecule has 0 amide bonds. The van der Waals surface area contributed by atoms with Gasteiger partial charge >= 0.3 is 17.9 Å². The van der Waals surface area contributed by atoms with Crippen molar-refractivity contribution in [2.75, 3.05) is 6.61 Å². The van der Waals surface area contributed by atoms with Crippen molar-refractivity contribution in [1.29, 1.82) is 0 Å². The third-order valence-corrected chi connectivity index (χ3v) is 4.29. The number of aliphatic hydroxyl groups is 1.